The van der Waals surface area contributed by atoms with Crippen molar-refractivity contribution in [3.05, 3.63) is 82.2 Å². The van der Waals surface area contributed by atoms with Gasteiger partial charge in [0.2, 0.25) is 0 Å². The SMILES string of the molecule is C#CC1COC(CCc2cc(F)c(C#Cc3ccc4c(F)c(F)c(F)cc4c3)c(F)c2)OC1. The van der Waals surface area contributed by atoms with Crippen molar-refractivity contribution in [2.24, 2.45) is 5.92 Å². The number of hydrogen-bond acceptors (Lipinski definition) is 2. The molecule has 0 bridgehead atoms. The van der Waals surface area contributed by atoms with Gasteiger partial charge in [0, 0.05) is 17.4 Å². The summed E-state index contributed by atoms with van der Waals surface area (Å²) in [6.07, 6.45) is 5.56. The maximum absolute atomic E-state index is 14.5. The highest BCUT2D eigenvalue weighted by Crippen LogP contribution is 2.24. The molecule has 3 aromatic carbocycles. The van der Waals surface area contributed by atoms with E-state index in [2.05, 4.69) is 17.8 Å². The average Bonchev–Trinajstić information content (AvgIpc) is 2.81. The lowest BCUT2D eigenvalue weighted by Crippen LogP contribution is -2.31. The molecule has 3 aromatic rings. The zero-order valence-electron chi connectivity index (χ0n) is 17.2. The normalized spacial score (nSPS) is 17.9. The van der Waals surface area contributed by atoms with Crippen molar-refractivity contribution in [2.45, 2.75) is 19.1 Å². The Kier molecular flexibility index (Phi) is 6.65. The van der Waals surface area contributed by atoms with Crippen LogP contribution >= 0.6 is 0 Å². The third-order valence-corrected chi connectivity index (χ3v) is 5.28. The Bertz CT molecular complexity index is 1290. The van der Waals surface area contributed by atoms with Gasteiger partial charge in [-0.25, -0.2) is 22.0 Å². The van der Waals surface area contributed by atoms with Crippen molar-refractivity contribution >= 4 is 10.8 Å². The highest BCUT2D eigenvalue weighted by molar-refractivity contribution is 5.84. The zero-order chi connectivity index (χ0) is 23.5. The Morgan fingerprint density at radius 1 is 0.848 bits per heavy atom. The van der Waals surface area contributed by atoms with Crippen LogP contribution in [0.1, 0.15) is 23.1 Å². The van der Waals surface area contributed by atoms with Crippen LogP contribution in [0.4, 0.5) is 22.0 Å². The molecule has 7 heteroatoms. The Hall–Kier alpha value is -3.39. The molecule has 0 N–H and O–H groups in total. The first kappa shape index (κ1) is 22.8. The summed E-state index contributed by atoms with van der Waals surface area (Å²) >= 11 is 0. The molecule has 1 saturated heterocycles. The first-order valence-corrected chi connectivity index (χ1v) is 10.1. The molecular weight excluding hydrogens is 439 g/mol. The molecule has 2 nitrogen and oxygen atoms in total. The van der Waals surface area contributed by atoms with Gasteiger partial charge in [0.1, 0.15) is 11.6 Å². The maximum atomic E-state index is 14.5. The van der Waals surface area contributed by atoms with Gasteiger partial charge in [-0.3, -0.25) is 0 Å². The summed E-state index contributed by atoms with van der Waals surface area (Å²) in [4.78, 5) is 0. The van der Waals surface area contributed by atoms with Gasteiger partial charge in [0.05, 0.1) is 24.7 Å². The van der Waals surface area contributed by atoms with Crippen molar-refractivity contribution in [1.82, 2.24) is 0 Å². The Morgan fingerprint density at radius 2 is 1.55 bits per heavy atom. The molecule has 0 aromatic heterocycles. The molecule has 33 heavy (non-hydrogen) atoms. The van der Waals surface area contributed by atoms with E-state index in [1.807, 2.05) is 0 Å². The van der Waals surface area contributed by atoms with Crippen molar-refractivity contribution in [3.8, 4) is 24.2 Å². The number of halogens is 5. The molecule has 1 fully saturated rings. The van der Waals surface area contributed by atoms with E-state index in [4.69, 9.17) is 15.9 Å². The molecule has 0 unspecified atom stereocenters. The van der Waals surface area contributed by atoms with Crippen LogP contribution in [-0.2, 0) is 15.9 Å². The smallest absolute Gasteiger partial charge is 0.195 e. The fourth-order valence-electron chi connectivity index (χ4n) is 3.50. The number of rotatable bonds is 3. The predicted molar refractivity (Wildman–Crippen MR) is 112 cm³/mol. The minimum atomic E-state index is -1.57. The lowest BCUT2D eigenvalue weighted by Gasteiger charge is -2.26. The van der Waals surface area contributed by atoms with Gasteiger partial charge < -0.3 is 9.47 Å². The van der Waals surface area contributed by atoms with E-state index in [0.717, 1.165) is 6.07 Å². The molecule has 1 aliphatic heterocycles. The first-order chi connectivity index (χ1) is 15.9. The van der Waals surface area contributed by atoms with Crippen molar-refractivity contribution in [3.63, 3.8) is 0 Å². The second kappa shape index (κ2) is 9.62. The third kappa shape index (κ3) is 5.01. The fourth-order valence-corrected chi connectivity index (χ4v) is 3.50. The Labute approximate surface area is 187 Å². The number of benzene rings is 3. The average molecular weight is 456 g/mol. The fraction of sp³-hybridized carbons (Fsp3) is 0.231. The van der Waals surface area contributed by atoms with Gasteiger partial charge >= 0.3 is 0 Å². The molecule has 4 rings (SSSR count). The lowest BCUT2D eigenvalue weighted by atomic mass is 10.0. The molecule has 0 saturated carbocycles. The summed E-state index contributed by atoms with van der Waals surface area (Å²) in [5.41, 5.74) is 0.241. The van der Waals surface area contributed by atoms with Gasteiger partial charge in [-0.1, -0.05) is 23.8 Å². The largest absolute Gasteiger partial charge is 0.351 e. The van der Waals surface area contributed by atoms with E-state index >= 15 is 0 Å². The van der Waals surface area contributed by atoms with Crippen LogP contribution in [0.2, 0.25) is 0 Å². The number of terminal acetylenes is 1. The van der Waals surface area contributed by atoms with E-state index in [9.17, 15) is 22.0 Å². The second-order valence-electron chi connectivity index (χ2n) is 7.61. The quantitative estimate of drug-likeness (QED) is 0.295. The molecule has 1 heterocycles. The summed E-state index contributed by atoms with van der Waals surface area (Å²) in [5, 5.41) is -0.0443. The third-order valence-electron chi connectivity index (χ3n) is 5.28. The van der Waals surface area contributed by atoms with Crippen LogP contribution in [0.15, 0.2) is 36.4 Å². The minimum absolute atomic E-state index is 0.0789. The monoisotopic (exact) mass is 456 g/mol. The molecular formula is C26H17F5O2. The molecule has 0 aliphatic carbocycles. The summed E-state index contributed by atoms with van der Waals surface area (Å²) in [6, 6.07) is 7.11. The van der Waals surface area contributed by atoms with Crippen LogP contribution in [0.25, 0.3) is 10.8 Å². The van der Waals surface area contributed by atoms with Gasteiger partial charge in [-0.05, 0) is 47.7 Å². The minimum Gasteiger partial charge on any atom is -0.351 e. The second-order valence-corrected chi connectivity index (χ2v) is 7.61. The van der Waals surface area contributed by atoms with Crippen LogP contribution < -0.4 is 0 Å². The number of ether oxygens (including phenoxy) is 2. The van der Waals surface area contributed by atoms with Crippen molar-refractivity contribution in [1.29, 1.82) is 0 Å². The Balaban J connectivity index is 1.50. The zero-order valence-corrected chi connectivity index (χ0v) is 17.2. The summed E-state index contributed by atoms with van der Waals surface area (Å²) in [5.74, 6) is 1.56. The van der Waals surface area contributed by atoms with E-state index in [0.29, 0.717) is 31.6 Å². The summed E-state index contributed by atoms with van der Waals surface area (Å²) in [6.45, 7) is 0.753. The maximum Gasteiger partial charge on any atom is 0.195 e. The van der Waals surface area contributed by atoms with Crippen molar-refractivity contribution < 1.29 is 31.4 Å². The Morgan fingerprint density at radius 3 is 2.21 bits per heavy atom. The van der Waals surface area contributed by atoms with E-state index in [1.54, 1.807) is 0 Å². The molecule has 0 spiro atoms. The predicted octanol–water partition coefficient (Wildman–Crippen LogP) is 5.49. The van der Waals surface area contributed by atoms with E-state index < -0.39 is 40.9 Å². The van der Waals surface area contributed by atoms with E-state index in [1.165, 1.54) is 30.3 Å². The van der Waals surface area contributed by atoms with Crippen LogP contribution in [0.3, 0.4) is 0 Å². The van der Waals surface area contributed by atoms with Gasteiger partial charge in [-0.15, -0.1) is 6.42 Å². The standard InChI is InChI=1S/C26H17F5O2/c1-2-15-13-32-24(33-14-15)8-5-17-10-21(27)20(22(28)11-17)7-4-16-3-6-19-18(9-16)12-23(29)26(31)25(19)30/h1,3,6,9-12,15,24H,5,8,13-14H2. The summed E-state index contributed by atoms with van der Waals surface area (Å²) in [7, 11) is 0. The number of aryl methyl sites for hydroxylation is 1. The van der Waals surface area contributed by atoms with Crippen LogP contribution in [0, 0.1) is 59.2 Å². The highest BCUT2D eigenvalue weighted by atomic mass is 19.2. The van der Waals surface area contributed by atoms with Gasteiger partial charge in [0.15, 0.2) is 23.7 Å². The topological polar surface area (TPSA) is 18.5 Å². The lowest BCUT2D eigenvalue weighted by molar-refractivity contribution is -0.193. The van der Waals surface area contributed by atoms with Gasteiger partial charge in [0.25, 0.3) is 0 Å². The molecule has 0 amide bonds. The number of hydrogen-bond donors (Lipinski definition) is 0. The van der Waals surface area contributed by atoms with Crippen LogP contribution in [-0.4, -0.2) is 19.5 Å². The van der Waals surface area contributed by atoms with Crippen molar-refractivity contribution in [2.75, 3.05) is 13.2 Å². The van der Waals surface area contributed by atoms with Crippen LogP contribution in [0.5, 0.6) is 0 Å². The molecule has 1 aliphatic rings. The first-order valence-electron chi connectivity index (χ1n) is 10.1. The van der Waals surface area contributed by atoms with E-state index in [-0.39, 0.29) is 22.3 Å². The number of fused-ring (bicyclic) bond motifs is 1. The molecule has 168 valence electrons. The molecule has 0 radical (unpaired) electrons. The van der Waals surface area contributed by atoms with Gasteiger partial charge in [-0.2, -0.15) is 0 Å². The molecule has 0 atom stereocenters. The summed E-state index contributed by atoms with van der Waals surface area (Å²) < 4.78 is 80.7. The highest BCUT2D eigenvalue weighted by Gasteiger charge is 2.21.